The molecule has 2 amide bonds. The number of hydrogen-bond acceptors (Lipinski definition) is 4. The summed E-state index contributed by atoms with van der Waals surface area (Å²) in [6.45, 7) is 2.47. The van der Waals surface area contributed by atoms with E-state index in [1.165, 1.54) is 31.4 Å². The monoisotopic (exact) mass is 278 g/mol. The van der Waals surface area contributed by atoms with Gasteiger partial charge in [-0.1, -0.05) is 13.3 Å². The summed E-state index contributed by atoms with van der Waals surface area (Å²) >= 11 is 0. The number of carbonyl (C=O) groups excluding carboxylic acids is 3. The Kier molecular flexibility index (Phi) is 6.22. The van der Waals surface area contributed by atoms with E-state index in [9.17, 15) is 14.4 Å². The molecule has 0 atom stereocenters. The third kappa shape index (κ3) is 4.72. The highest BCUT2D eigenvalue weighted by Gasteiger charge is 2.13. The maximum absolute atomic E-state index is 11.6. The summed E-state index contributed by atoms with van der Waals surface area (Å²) in [7, 11) is 1.29. The SMILES string of the molecule is CCCCNC(=O)C(=O)Nc1ccc(C(=O)OC)cc1. The van der Waals surface area contributed by atoms with Gasteiger partial charge in [-0.05, 0) is 30.7 Å². The lowest BCUT2D eigenvalue weighted by atomic mass is 10.2. The molecule has 0 saturated heterocycles. The van der Waals surface area contributed by atoms with Crippen molar-refractivity contribution in [2.45, 2.75) is 19.8 Å². The number of anilines is 1. The van der Waals surface area contributed by atoms with Gasteiger partial charge in [-0.3, -0.25) is 9.59 Å². The fourth-order valence-electron chi connectivity index (χ4n) is 1.45. The summed E-state index contributed by atoms with van der Waals surface area (Å²) in [6.07, 6.45) is 1.77. The van der Waals surface area contributed by atoms with Crippen LogP contribution >= 0.6 is 0 Å². The average Bonchev–Trinajstić information content (AvgIpc) is 2.47. The van der Waals surface area contributed by atoms with Gasteiger partial charge in [0.05, 0.1) is 12.7 Å². The lowest BCUT2D eigenvalue weighted by Crippen LogP contribution is -2.35. The first-order valence-corrected chi connectivity index (χ1v) is 6.36. The summed E-state index contributed by atoms with van der Waals surface area (Å²) in [6, 6.07) is 6.08. The number of benzene rings is 1. The number of rotatable bonds is 5. The molecule has 0 aliphatic carbocycles. The van der Waals surface area contributed by atoms with Gasteiger partial charge >= 0.3 is 17.8 Å². The Labute approximate surface area is 117 Å². The van der Waals surface area contributed by atoms with Crippen LogP contribution in [0, 0.1) is 0 Å². The van der Waals surface area contributed by atoms with Crippen molar-refractivity contribution < 1.29 is 19.1 Å². The molecule has 0 bridgehead atoms. The van der Waals surface area contributed by atoms with Crippen LogP contribution in [0.4, 0.5) is 5.69 Å². The zero-order chi connectivity index (χ0) is 15.0. The first kappa shape index (κ1) is 15.7. The lowest BCUT2D eigenvalue weighted by Gasteiger charge is -2.06. The van der Waals surface area contributed by atoms with Crippen molar-refractivity contribution in [2.24, 2.45) is 0 Å². The van der Waals surface area contributed by atoms with E-state index in [0.717, 1.165) is 12.8 Å². The minimum Gasteiger partial charge on any atom is -0.465 e. The van der Waals surface area contributed by atoms with Crippen molar-refractivity contribution >= 4 is 23.5 Å². The summed E-state index contributed by atoms with van der Waals surface area (Å²) in [5.74, 6) is -1.86. The molecule has 0 fully saturated rings. The molecule has 0 heterocycles. The van der Waals surface area contributed by atoms with Crippen molar-refractivity contribution in [3.8, 4) is 0 Å². The minimum absolute atomic E-state index is 0.373. The standard InChI is InChI=1S/C14H18N2O4/c1-3-4-9-15-12(17)13(18)16-11-7-5-10(6-8-11)14(19)20-2/h5-8H,3-4,9H2,1-2H3,(H,15,17)(H,16,18). The number of unbranched alkanes of at least 4 members (excludes halogenated alkanes) is 1. The van der Waals surface area contributed by atoms with Crippen molar-refractivity contribution in [3.63, 3.8) is 0 Å². The van der Waals surface area contributed by atoms with Crippen LogP contribution in [0.15, 0.2) is 24.3 Å². The van der Waals surface area contributed by atoms with Gasteiger partial charge in [0.15, 0.2) is 0 Å². The molecule has 6 heteroatoms. The smallest absolute Gasteiger partial charge is 0.337 e. The topological polar surface area (TPSA) is 84.5 Å². The second kappa shape index (κ2) is 7.93. The van der Waals surface area contributed by atoms with Gasteiger partial charge in [-0.2, -0.15) is 0 Å². The highest BCUT2D eigenvalue weighted by molar-refractivity contribution is 6.39. The number of hydrogen-bond donors (Lipinski definition) is 2. The second-order valence-corrected chi connectivity index (χ2v) is 4.13. The third-order valence-corrected chi connectivity index (χ3v) is 2.59. The molecule has 0 aliphatic rings. The molecule has 0 spiro atoms. The second-order valence-electron chi connectivity index (χ2n) is 4.13. The molecule has 108 valence electrons. The van der Waals surface area contributed by atoms with Gasteiger partial charge in [-0.25, -0.2) is 4.79 Å². The molecule has 0 aromatic heterocycles. The predicted molar refractivity (Wildman–Crippen MR) is 74.3 cm³/mol. The molecule has 2 N–H and O–H groups in total. The average molecular weight is 278 g/mol. The van der Waals surface area contributed by atoms with Crippen molar-refractivity contribution in [1.82, 2.24) is 5.32 Å². The highest BCUT2D eigenvalue weighted by atomic mass is 16.5. The molecule has 6 nitrogen and oxygen atoms in total. The Bertz CT molecular complexity index is 482. The summed E-state index contributed by atoms with van der Waals surface area (Å²) in [5.41, 5.74) is 0.811. The van der Waals surface area contributed by atoms with Gasteiger partial charge < -0.3 is 15.4 Å². The fraction of sp³-hybridized carbons (Fsp3) is 0.357. The normalized spacial score (nSPS) is 9.70. The van der Waals surface area contributed by atoms with Gasteiger partial charge in [0, 0.05) is 12.2 Å². The van der Waals surface area contributed by atoms with E-state index in [1.807, 2.05) is 6.92 Å². The number of esters is 1. The largest absolute Gasteiger partial charge is 0.465 e. The van der Waals surface area contributed by atoms with Crippen LogP contribution in [0.1, 0.15) is 30.1 Å². The van der Waals surface area contributed by atoms with E-state index >= 15 is 0 Å². The van der Waals surface area contributed by atoms with Crippen LogP contribution in [0.2, 0.25) is 0 Å². The van der Waals surface area contributed by atoms with Gasteiger partial charge in [0.1, 0.15) is 0 Å². The Morgan fingerprint density at radius 2 is 1.75 bits per heavy atom. The molecule has 0 radical (unpaired) electrons. The van der Waals surface area contributed by atoms with Crippen LogP contribution in [0.5, 0.6) is 0 Å². The molecule has 20 heavy (non-hydrogen) atoms. The summed E-state index contributed by atoms with van der Waals surface area (Å²) in [5, 5.41) is 4.97. The van der Waals surface area contributed by atoms with Crippen molar-refractivity contribution in [1.29, 1.82) is 0 Å². The van der Waals surface area contributed by atoms with Crippen LogP contribution in [-0.4, -0.2) is 31.4 Å². The summed E-state index contributed by atoms with van der Waals surface area (Å²) < 4.78 is 4.56. The number of carbonyl (C=O) groups is 3. The molecular weight excluding hydrogens is 260 g/mol. The highest BCUT2D eigenvalue weighted by Crippen LogP contribution is 2.10. The van der Waals surface area contributed by atoms with Gasteiger partial charge in [0.2, 0.25) is 0 Å². The maximum Gasteiger partial charge on any atom is 0.337 e. The Balaban J connectivity index is 2.53. The molecule has 0 saturated carbocycles. The zero-order valence-electron chi connectivity index (χ0n) is 11.6. The van der Waals surface area contributed by atoms with Gasteiger partial charge in [-0.15, -0.1) is 0 Å². The lowest BCUT2D eigenvalue weighted by molar-refractivity contribution is -0.136. The molecule has 1 rings (SSSR count). The van der Waals surface area contributed by atoms with Crippen LogP contribution in [0.3, 0.4) is 0 Å². The van der Waals surface area contributed by atoms with Crippen molar-refractivity contribution in [2.75, 3.05) is 19.0 Å². The van der Waals surface area contributed by atoms with Crippen LogP contribution in [-0.2, 0) is 14.3 Å². The van der Waals surface area contributed by atoms with E-state index < -0.39 is 17.8 Å². The first-order chi connectivity index (χ1) is 9.58. The molecule has 1 aromatic rings. The Morgan fingerprint density at radius 1 is 1.10 bits per heavy atom. The quantitative estimate of drug-likeness (QED) is 0.483. The zero-order valence-corrected chi connectivity index (χ0v) is 11.6. The molecule has 1 aromatic carbocycles. The van der Waals surface area contributed by atoms with E-state index in [4.69, 9.17) is 0 Å². The number of methoxy groups -OCH3 is 1. The van der Waals surface area contributed by atoms with Crippen LogP contribution < -0.4 is 10.6 Å². The van der Waals surface area contributed by atoms with E-state index in [2.05, 4.69) is 15.4 Å². The van der Waals surface area contributed by atoms with E-state index in [-0.39, 0.29) is 0 Å². The molecule has 0 aliphatic heterocycles. The minimum atomic E-state index is -0.730. The van der Waals surface area contributed by atoms with Crippen LogP contribution in [0.25, 0.3) is 0 Å². The van der Waals surface area contributed by atoms with Gasteiger partial charge in [0.25, 0.3) is 0 Å². The first-order valence-electron chi connectivity index (χ1n) is 6.36. The molecular formula is C14H18N2O4. The van der Waals surface area contributed by atoms with E-state index in [1.54, 1.807) is 0 Å². The van der Waals surface area contributed by atoms with E-state index in [0.29, 0.717) is 17.8 Å². The predicted octanol–water partition coefficient (Wildman–Crippen LogP) is 1.33. The number of amides is 2. The summed E-state index contributed by atoms with van der Waals surface area (Å²) in [4.78, 5) is 34.2. The maximum atomic E-state index is 11.6. The van der Waals surface area contributed by atoms with Crippen molar-refractivity contribution in [3.05, 3.63) is 29.8 Å². The number of nitrogens with one attached hydrogen (secondary N) is 2. The number of ether oxygens (including phenoxy) is 1. The fourth-order valence-corrected chi connectivity index (χ4v) is 1.45. The molecule has 0 unspecified atom stereocenters. The Hall–Kier alpha value is -2.37. The Morgan fingerprint density at radius 3 is 2.30 bits per heavy atom. The third-order valence-electron chi connectivity index (χ3n) is 2.59.